The fourth-order valence-electron chi connectivity index (χ4n) is 12.4. The van der Waals surface area contributed by atoms with Gasteiger partial charge in [0.1, 0.15) is 23.7 Å². The Kier molecular flexibility index (Phi) is 31.0. The lowest BCUT2D eigenvalue weighted by Gasteiger charge is -2.30. The average molecular weight is 1370 g/mol. The van der Waals surface area contributed by atoms with Crippen molar-refractivity contribution in [2.45, 2.75) is 214 Å². The van der Waals surface area contributed by atoms with Crippen molar-refractivity contribution >= 4 is 70.5 Å². The predicted molar refractivity (Wildman–Crippen MR) is 367 cm³/mol. The Balaban J connectivity index is 1.26. The zero-order chi connectivity index (χ0) is 72.9. The fraction of sp³-hybridized carbons (Fsp3) is 0.595. The summed E-state index contributed by atoms with van der Waals surface area (Å²) in [6.45, 7) is 16.2. The normalized spacial score (nSPS) is 22.6. The molecule has 538 valence electrons. The molecular weight excluding hydrogens is 1260 g/mol. The van der Waals surface area contributed by atoms with E-state index in [1.807, 2.05) is 85.8 Å². The summed E-state index contributed by atoms with van der Waals surface area (Å²) in [4.78, 5) is 168. The van der Waals surface area contributed by atoms with Gasteiger partial charge in [-0.1, -0.05) is 167 Å². The van der Waals surface area contributed by atoms with Gasteiger partial charge in [0.15, 0.2) is 23.1 Å². The molecule has 0 bridgehead atoms. The number of esters is 1. The molecule has 23 nitrogen and oxygen atoms in total. The van der Waals surface area contributed by atoms with Crippen LogP contribution >= 0.6 is 0 Å². The number of nitrogens with one attached hydrogen (secondary N) is 6. The third-order valence-electron chi connectivity index (χ3n) is 19.9. The number of ketones is 4. The molecule has 1 heterocycles. The predicted octanol–water partition coefficient (Wildman–Crippen LogP) is 5.64. The van der Waals surface area contributed by atoms with Crippen molar-refractivity contribution in [3.05, 3.63) is 84.4 Å². The van der Waals surface area contributed by atoms with Gasteiger partial charge >= 0.3 is 5.97 Å². The molecule has 12 N–H and O–H groups in total. The second-order valence-corrected chi connectivity index (χ2v) is 27.4. The Morgan fingerprint density at radius 1 is 0.653 bits per heavy atom. The largest absolute Gasteiger partial charge is 0.458 e. The Hall–Kier alpha value is -8.09. The van der Waals surface area contributed by atoms with Gasteiger partial charge < -0.3 is 58.3 Å². The van der Waals surface area contributed by atoms with Crippen LogP contribution in [0.25, 0.3) is 22.3 Å². The second kappa shape index (κ2) is 37.8. The first-order valence-electron chi connectivity index (χ1n) is 34.7. The molecule has 1 aliphatic heterocycles. The molecule has 3 aromatic carbocycles. The lowest BCUT2D eigenvalue weighted by Crippen LogP contribution is -2.57. The second-order valence-electron chi connectivity index (χ2n) is 27.4. The van der Waals surface area contributed by atoms with E-state index in [2.05, 4.69) is 31.9 Å². The number of alkyl halides is 1. The van der Waals surface area contributed by atoms with E-state index in [0.717, 1.165) is 27.8 Å². The molecular formula is C74H105FN8O15. The molecule has 1 spiro atoms. The molecule has 2 aliphatic rings. The Labute approximate surface area is 575 Å². The number of Topliss-reactive ketones (excluding diaryl/α,β-unsaturated/α-hetero) is 4. The summed E-state index contributed by atoms with van der Waals surface area (Å²) in [5.74, 6) is -17.2. The number of cyclic esters (lactones) is 1. The number of aliphatic hydroxyl groups is 2. The molecule has 2 fully saturated rings. The zero-order valence-corrected chi connectivity index (χ0v) is 58.7. The van der Waals surface area contributed by atoms with Crippen LogP contribution in [0, 0.1) is 53.3 Å². The van der Waals surface area contributed by atoms with Crippen LogP contribution in [-0.4, -0.2) is 148 Å². The summed E-state index contributed by atoms with van der Waals surface area (Å²) in [5, 5.41) is 37.4. The number of nitrogens with two attached hydrogens (primary N) is 2. The molecule has 98 heavy (non-hydrogen) atoms. The molecule has 3 unspecified atom stereocenters. The number of ether oxygens (including phenoxy) is 1. The SMILES string of the molecule is CC[C@H](C)[C@H](NC(=O)[C@H](N)Cc1ccc(-c2ccc(-c3ccccc3)cc2)cc1)C(=O)C[C@@H](CO)C(=O)N[C@H](CCC(N)=O)C(=O)C[C@@H](C(=O)N[C@H](C(=O)C[C@@H](CO)C(=O)N[C@H]1C(=O)C[C@@H](C)C(=O)NC2(CC2CC(C)F)C(=O)N[C@@H]([C@@H](C)CC)C(=O)O[C@H]1C)[C@@H](C)CC)[C@@H](C)CC. The lowest BCUT2D eigenvalue weighted by molar-refractivity contribution is -0.157. The van der Waals surface area contributed by atoms with E-state index < -0.39 is 223 Å². The number of carbonyl (C=O) groups excluding carboxylic acids is 12. The van der Waals surface area contributed by atoms with Gasteiger partial charge in [0.25, 0.3) is 0 Å². The minimum atomic E-state index is -1.63. The van der Waals surface area contributed by atoms with Crippen LogP contribution in [0.15, 0.2) is 78.9 Å². The van der Waals surface area contributed by atoms with Gasteiger partial charge in [0, 0.05) is 43.9 Å². The number of halogens is 1. The van der Waals surface area contributed by atoms with Crippen LogP contribution in [0.2, 0.25) is 0 Å². The number of aliphatic hydroxyl groups excluding tert-OH is 2. The van der Waals surface area contributed by atoms with Crippen molar-refractivity contribution in [1.82, 2.24) is 31.9 Å². The van der Waals surface area contributed by atoms with E-state index in [1.54, 1.807) is 48.5 Å². The lowest BCUT2D eigenvalue weighted by atomic mass is 9.83. The molecule has 18 atom stereocenters. The van der Waals surface area contributed by atoms with Gasteiger partial charge in [-0.15, -0.1) is 0 Å². The van der Waals surface area contributed by atoms with Crippen LogP contribution in [0.1, 0.15) is 159 Å². The van der Waals surface area contributed by atoms with E-state index in [1.165, 1.54) is 20.8 Å². The first-order chi connectivity index (χ1) is 46.4. The van der Waals surface area contributed by atoms with E-state index in [9.17, 15) is 72.1 Å². The summed E-state index contributed by atoms with van der Waals surface area (Å²) < 4.78 is 20.1. The zero-order valence-electron chi connectivity index (χ0n) is 58.7. The number of hydrogen-bond acceptors (Lipinski definition) is 16. The highest BCUT2D eigenvalue weighted by Gasteiger charge is 2.62. The smallest absolute Gasteiger partial charge is 0.329 e. The van der Waals surface area contributed by atoms with Crippen molar-refractivity contribution in [2.75, 3.05) is 13.2 Å². The summed E-state index contributed by atoms with van der Waals surface area (Å²) in [6.07, 6.45) is -4.11. The van der Waals surface area contributed by atoms with Crippen LogP contribution in [0.3, 0.4) is 0 Å². The van der Waals surface area contributed by atoms with E-state index in [0.29, 0.717) is 25.7 Å². The first kappa shape index (κ1) is 80.6. The molecule has 7 amide bonds. The molecule has 0 aromatic heterocycles. The van der Waals surface area contributed by atoms with Gasteiger partial charge in [0.05, 0.1) is 55.4 Å². The highest BCUT2D eigenvalue weighted by molar-refractivity contribution is 6.01. The summed E-state index contributed by atoms with van der Waals surface area (Å²) in [6, 6.07) is 17.9. The molecule has 1 saturated heterocycles. The molecule has 0 radical (unpaired) electrons. The number of rotatable bonds is 36. The number of benzene rings is 3. The Morgan fingerprint density at radius 2 is 1.16 bits per heavy atom. The van der Waals surface area contributed by atoms with Crippen molar-refractivity contribution in [1.29, 1.82) is 0 Å². The summed E-state index contributed by atoms with van der Waals surface area (Å²) >= 11 is 0. The van der Waals surface area contributed by atoms with Crippen LogP contribution in [0.5, 0.6) is 0 Å². The maximum atomic E-state index is 14.6. The topological polar surface area (TPSA) is 379 Å². The quantitative estimate of drug-likeness (QED) is 0.0315. The third kappa shape index (κ3) is 22.2. The van der Waals surface area contributed by atoms with Gasteiger partial charge in [-0.3, -0.25) is 52.7 Å². The van der Waals surface area contributed by atoms with Gasteiger partial charge in [0.2, 0.25) is 41.4 Å². The molecule has 3 aromatic rings. The monoisotopic (exact) mass is 1360 g/mol. The summed E-state index contributed by atoms with van der Waals surface area (Å²) in [5.41, 5.74) is 15.3. The minimum Gasteiger partial charge on any atom is -0.458 e. The highest BCUT2D eigenvalue weighted by Crippen LogP contribution is 2.48. The number of amides is 7. The van der Waals surface area contributed by atoms with E-state index >= 15 is 0 Å². The average Bonchev–Trinajstić information content (AvgIpc) is 1.58. The number of hydrogen-bond donors (Lipinski definition) is 10. The van der Waals surface area contributed by atoms with E-state index in [-0.39, 0.29) is 25.7 Å². The maximum Gasteiger partial charge on any atom is 0.329 e. The van der Waals surface area contributed by atoms with Gasteiger partial charge in [-0.25, -0.2) is 9.18 Å². The Bertz CT molecular complexity index is 3260. The summed E-state index contributed by atoms with van der Waals surface area (Å²) in [7, 11) is 0. The third-order valence-corrected chi connectivity index (χ3v) is 19.9. The first-order valence-corrected chi connectivity index (χ1v) is 34.7. The van der Waals surface area contributed by atoms with Gasteiger partial charge in [-0.05, 0) is 96.9 Å². The Morgan fingerprint density at radius 3 is 1.66 bits per heavy atom. The van der Waals surface area contributed by atoms with Crippen LogP contribution < -0.4 is 43.4 Å². The minimum absolute atomic E-state index is 0.0516. The van der Waals surface area contributed by atoms with Crippen molar-refractivity contribution in [2.24, 2.45) is 64.7 Å². The maximum absolute atomic E-state index is 14.6. The van der Waals surface area contributed by atoms with E-state index in [4.69, 9.17) is 16.2 Å². The molecule has 1 aliphatic carbocycles. The molecule has 24 heteroatoms. The highest BCUT2D eigenvalue weighted by atomic mass is 19.1. The number of primary amides is 1. The van der Waals surface area contributed by atoms with Crippen molar-refractivity contribution in [3.63, 3.8) is 0 Å². The van der Waals surface area contributed by atoms with Crippen LogP contribution in [0.4, 0.5) is 4.39 Å². The standard InChI is InChI=1S/C74H105FN8O15/c1-12-40(5)55(70(94)79-63(41(6)13-2)60(88)35-53(39-85)69(93)81-66-46(11)98-72(96)65(43(8)15-4)82-73(97)74(37-54(74)32-45(10)75)83-67(91)44(9)31-59(66)87)36-58(86)57(29-30-62(77)90)78-68(92)52(38-84)34-61(89)64(42(7)14-3)80-71(95)56(76)33-47-21-23-49(24-22-47)51-27-25-50(26-28-51)48-19-17-16-18-20-48/h16-28,40-46,52-57,63-66,84-85H,12-15,29-39,76H2,1-11H3,(H2,77,90)(H,78,92)(H,79,94)(H,80,95)(H,81,93)(H,82,97)(H,83,91)/t40-,41-,42-,43-,44+,45?,46-,52-,53-,54?,55+,56+,57+,63-,64-,65-,66+,74?/m0/s1. The molecule has 5 rings (SSSR count). The molecule has 1 saturated carbocycles. The number of carbonyl (C=O) groups is 12. The van der Waals surface area contributed by atoms with Crippen molar-refractivity contribution in [3.8, 4) is 22.3 Å². The van der Waals surface area contributed by atoms with Crippen molar-refractivity contribution < 1.29 is 76.9 Å². The van der Waals surface area contributed by atoms with Gasteiger partial charge in [-0.2, -0.15) is 0 Å². The fourth-order valence-corrected chi connectivity index (χ4v) is 12.4. The van der Waals surface area contributed by atoms with Crippen LogP contribution in [-0.2, 0) is 68.7 Å².